The van der Waals surface area contributed by atoms with Gasteiger partial charge >= 0.3 is 5.97 Å². The molecule has 0 saturated heterocycles. The number of amides is 1. The first kappa shape index (κ1) is 19.8. The summed E-state index contributed by atoms with van der Waals surface area (Å²) in [7, 11) is 0. The lowest BCUT2D eigenvalue weighted by Crippen LogP contribution is -2.21. The van der Waals surface area contributed by atoms with E-state index in [2.05, 4.69) is 15.3 Å². The van der Waals surface area contributed by atoms with Gasteiger partial charge in [0.05, 0.1) is 17.4 Å². The van der Waals surface area contributed by atoms with Crippen molar-refractivity contribution in [1.29, 1.82) is 5.26 Å². The van der Waals surface area contributed by atoms with E-state index in [1.165, 1.54) is 18.1 Å². The van der Waals surface area contributed by atoms with Crippen molar-refractivity contribution in [2.45, 2.75) is 18.9 Å². The number of nitriles is 1. The molecule has 7 nitrogen and oxygen atoms in total. The molecule has 1 N–H and O–H groups in total. The van der Waals surface area contributed by atoms with Crippen molar-refractivity contribution in [3.8, 4) is 6.07 Å². The quantitative estimate of drug-likeness (QED) is 0.375. The molecule has 1 amide bonds. The van der Waals surface area contributed by atoms with Gasteiger partial charge in [-0.3, -0.25) is 9.59 Å². The molecule has 0 aliphatic heterocycles. The Morgan fingerprint density at radius 1 is 1.32 bits per heavy atom. The molecule has 0 unspecified atom stereocenters. The summed E-state index contributed by atoms with van der Waals surface area (Å²) in [5.74, 6) is -0.943. The highest BCUT2D eigenvalue weighted by Gasteiger charge is 2.15. The predicted octanol–water partition coefficient (Wildman–Crippen LogP) is 3.45. The molecule has 0 spiro atoms. The van der Waals surface area contributed by atoms with Gasteiger partial charge in [-0.2, -0.15) is 5.26 Å². The molecule has 0 atom stereocenters. The topological polar surface area (TPSA) is 105 Å². The van der Waals surface area contributed by atoms with E-state index in [0.29, 0.717) is 11.3 Å². The van der Waals surface area contributed by atoms with Crippen LogP contribution >= 0.6 is 23.1 Å². The smallest absolute Gasteiger partial charge is 0.316 e. The highest BCUT2D eigenvalue weighted by atomic mass is 32.2. The molecular weight excluding hydrogens is 396 g/mol. The SMILES string of the molecule is Cc1sc2ncnc(SCC(=O)OCC(=O)Nc3cccc(C#N)c3)c2c1C. The number of rotatable bonds is 6. The maximum Gasteiger partial charge on any atom is 0.316 e. The lowest BCUT2D eigenvalue weighted by molar-refractivity contribution is -0.144. The maximum atomic E-state index is 12.0. The average Bonchev–Trinajstić information content (AvgIpc) is 2.99. The van der Waals surface area contributed by atoms with E-state index < -0.39 is 18.5 Å². The van der Waals surface area contributed by atoms with Gasteiger partial charge < -0.3 is 10.1 Å². The van der Waals surface area contributed by atoms with Gasteiger partial charge in [0.2, 0.25) is 0 Å². The number of thioether (sulfide) groups is 1. The first-order valence-corrected chi connectivity index (χ1v) is 10.1. The minimum atomic E-state index is -0.512. The molecule has 0 bridgehead atoms. The van der Waals surface area contributed by atoms with Crippen LogP contribution in [0.5, 0.6) is 0 Å². The van der Waals surface area contributed by atoms with Crippen LogP contribution in [0.1, 0.15) is 16.0 Å². The summed E-state index contributed by atoms with van der Waals surface area (Å²) in [5, 5.41) is 13.1. The van der Waals surface area contributed by atoms with Crippen LogP contribution in [0.4, 0.5) is 5.69 Å². The number of carbonyl (C=O) groups is 2. The summed E-state index contributed by atoms with van der Waals surface area (Å²) in [6.07, 6.45) is 1.48. The lowest BCUT2D eigenvalue weighted by atomic mass is 10.2. The second-order valence-corrected chi connectivity index (χ2v) is 8.00. The Hall–Kier alpha value is -2.96. The molecule has 0 aliphatic rings. The van der Waals surface area contributed by atoms with Crippen LogP contribution in [0.25, 0.3) is 10.2 Å². The molecule has 9 heteroatoms. The summed E-state index contributed by atoms with van der Waals surface area (Å²) in [6, 6.07) is 8.48. The Bertz CT molecular complexity index is 1090. The molecule has 1 aromatic carbocycles. The summed E-state index contributed by atoms with van der Waals surface area (Å²) in [5.41, 5.74) is 2.01. The highest BCUT2D eigenvalue weighted by Crippen LogP contribution is 2.34. The van der Waals surface area contributed by atoms with E-state index in [4.69, 9.17) is 10.00 Å². The molecule has 0 radical (unpaired) electrons. The van der Waals surface area contributed by atoms with Crippen LogP contribution in [0, 0.1) is 25.2 Å². The molecule has 3 rings (SSSR count). The summed E-state index contributed by atoms with van der Waals surface area (Å²) < 4.78 is 5.02. The van der Waals surface area contributed by atoms with Gasteiger partial charge in [0.1, 0.15) is 16.2 Å². The number of hydrogen-bond acceptors (Lipinski definition) is 8. The van der Waals surface area contributed by atoms with Crippen LogP contribution in [-0.2, 0) is 14.3 Å². The monoisotopic (exact) mass is 412 g/mol. The van der Waals surface area contributed by atoms with E-state index in [0.717, 1.165) is 25.7 Å². The predicted molar refractivity (Wildman–Crippen MR) is 108 cm³/mol. The van der Waals surface area contributed by atoms with Crippen molar-refractivity contribution in [1.82, 2.24) is 9.97 Å². The van der Waals surface area contributed by atoms with Gasteiger partial charge in [0, 0.05) is 16.0 Å². The van der Waals surface area contributed by atoms with Crippen molar-refractivity contribution >= 4 is 50.9 Å². The number of nitrogens with one attached hydrogen (secondary N) is 1. The third-order valence-electron chi connectivity index (χ3n) is 3.90. The Morgan fingerprint density at radius 2 is 2.14 bits per heavy atom. The molecule has 2 aromatic heterocycles. The normalized spacial score (nSPS) is 10.5. The standard InChI is InChI=1S/C19H16N4O3S2/c1-11-12(2)28-19-17(11)18(21-10-22-19)27-9-16(25)26-8-15(24)23-14-5-3-4-13(6-14)7-20/h3-6,10H,8-9H2,1-2H3,(H,23,24). The maximum absolute atomic E-state index is 12.0. The summed E-state index contributed by atoms with van der Waals surface area (Å²) in [4.78, 5) is 34.5. The number of carbonyl (C=O) groups excluding carboxylic acids is 2. The molecule has 2 heterocycles. The third-order valence-corrected chi connectivity index (χ3v) is 5.98. The number of aryl methyl sites for hydroxylation is 2. The first-order valence-electron chi connectivity index (χ1n) is 8.27. The van der Waals surface area contributed by atoms with Crippen molar-refractivity contribution < 1.29 is 14.3 Å². The fourth-order valence-electron chi connectivity index (χ4n) is 2.44. The number of ether oxygens (including phenoxy) is 1. The van der Waals surface area contributed by atoms with Gasteiger partial charge in [-0.1, -0.05) is 17.8 Å². The van der Waals surface area contributed by atoms with Crippen LogP contribution < -0.4 is 5.32 Å². The molecule has 142 valence electrons. The van der Waals surface area contributed by atoms with E-state index >= 15 is 0 Å². The largest absolute Gasteiger partial charge is 0.455 e. The number of hydrogen-bond donors (Lipinski definition) is 1. The second-order valence-electron chi connectivity index (χ2n) is 5.83. The van der Waals surface area contributed by atoms with E-state index in [9.17, 15) is 9.59 Å². The average molecular weight is 412 g/mol. The molecular formula is C19H16N4O3S2. The second kappa shape index (κ2) is 8.82. The van der Waals surface area contributed by atoms with Crippen LogP contribution in [0.3, 0.4) is 0 Å². The van der Waals surface area contributed by atoms with Crippen LogP contribution in [0.15, 0.2) is 35.6 Å². The summed E-state index contributed by atoms with van der Waals surface area (Å²) >= 11 is 2.85. The molecule has 0 saturated carbocycles. The number of nitrogens with zero attached hydrogens (tertiary/aromatic N) is 3. The van der Waals surface area contributed by atoms with E-state index in [1.54, 1.807) is 35.6 Å². The number of thiophene rings is 1. The van der Waals surface area contributed by atoms with Gasteiger partial charge in [-0.05, 0) is 37.6 Å². The molecule has 28 heavy (non-hydrogen) atoms. The summed E-state index contributed by atoms with van der Waals surface area (Å²) in [6.45, 7) is 3.63. The zero-order valence-electron chi connectivity index (χ0n) is 15.2. The van der Waals surface area contributed by atoms with Gasteiger partial charge in [0.25, 0.3) is 5.91 Å². The first-order chi connectivity index (χ1) is 13.5. The Labute approximate surface area is 169 Å². The van der Waals surface area contributed by atoms with Gasteiger partial charge in [-0.25, -0.2) is 9.97 Å². The van der Waals surface area contributed by atoms with E-state index in [1.807, 2.05) is 19.9 Å². The zero-order valence-corrected chi connectivity index (χ0v) is 16.8. The molecule has 0 aliphatic carbocycles. The van der Waals surface area contributed by atoms with Crippen molar-refractivity contribution in [2.24, 2.45) is 0 Å². The number of fused-ring (bicyclic) bond motifs is 1. The fraction of sp³-hybridized carbons (Fsp3) is 0.211. The van der Waals surface area contributed by atoms with Gasteiger partial charge in [0.15, 0.2) is 6.61 Å². The van der Waals surface area contributed by atoms with Gasteiger partial charge in [-0.15, -0.1) is 11.3 Å². The number of aromatic nitrogens is 2. The molecule has 0 fully saturated rings. The fourth-order valence-corrected chi connectivity index (χ4v) is 4.35. The lowest BCUT2D eigenvalue weighted by Gasteiger charge is -2.07. The molecule has 3 aromatic rings. The minimum Gasteiger partial charge on any atom is -0.455 e. The highest BCUT2D eigenvalue weighted by molar-refractivity contribution is 8.00. The Morgan fingerprint density at radius 3 is 2.93 bits per heavy atom. The van der Waals surface area contributed by atoms with Crippen molar-refractivity contribution in [2.75, 3.05) is 17.7 Å². The zero-order chi connectivity index (χ0) is 20.1. The van der Waals surface area contributed by atoms with Crippen LogP contribution in [0.2, 0.25) is 0 Å². The number of benzene rings is 1. The third kappa shape index (κ3) is 4.65. The Kier molecular flexibility index (Phi) is 6.23. The Balaban J connectivity index is 1.52. The van der Waals surface area contributed by atoms with E-state index in [-0.39, 0.29) is 5.75 Å². The van der Waals surface area contributed by atoms with Crippen LogP contribution in [-0.4, -0.2) is 34.2 Å². The van der Waals surface area contributed by atoms with Crippen molar-refractivity contribution in [3.05, 3.63) is 46.6 Å². The number of anilines is 1. The van der Waals surface area contributed by atoms with Crippen molar-refractivity contribution in [3.63, 3.8) is 0 Å². The number of esters is 1. The minimum absolute atomic E-state index is 0.0393.